The molecule has 0 aliphatic rings. The van der Waals surface area contributed by atoms with Gasteiger partial charge in [0.1, 0.15) is 18.2 Å². The molecule has 0 fully saturated rings. The first kappa shape index (κ1) is 12.2. The lowest BCUT2D eigenvalue weighted by Crippen LogP contribution is -2.12. The number of alkyl halides is 3. The Balaban J connectivity index is 2.30. The number of hydrogen-bond donors (Lipinski definition) is 0. The third kappa shape index (κ3) is 2.51. The molecule has 0 saturated heterocycles. The standard InChI is InChI=1S/C10H7F3N4O/c1-17-5-6(4-14)2-7(17)9-15-8(16-18-9)3-10(11,12)13/h2,5H,3H2,1H3. The Morgan fingerprint density at radius 1 is 1.50 bits per heavy atom. The summed E-state index contributed by atoms with van der Waals surface area (Å²) in [5.74, 6) is -0.476. The predicted molar refractivity (Wildman–Crippen MR) is 53.2 cm³/mol. The molecule has 0 unspecified atom stereocenters. The minimum absolute atomic E-state index is 0.0433. The van der Waals surface area contributed by atoms with Gasteiger partial charge in [-0.05, 0) is 6.07 Å². The summed E-state index contributed by atoms with van der Waals surface area (Å²) in [6.07, 6.45) is -4.11. The van der Waals surface area contributed by atoms with Crippen LogP contribution in [-0.4, -0.2) is 20.9 Å². The Morgan fingerprint density at radius 3 is 2.78 bits per heavy atom. The normalized spacial score (nSPS) is 11.5. The third-order valence-electron chi connectivity index (χ3n) is 2.18. The molecule has 2 rings (SSSR count). The van der Waals surface area contributed by atoms with E-state index in [0.717, 1.165) is 0 Å². The number of nitrogens with zero attached hydrogens (tertiary/aromatic N) is 4. The summed E-state index contributed by atoms with van der Waals surface area (Å²) in [6.45, 7) is 0. The quantitative estimate of drug-likeness (QED) is 0.824. The zero-order valence-electron chi connectivity index (χ0n) is 9.19. The number of hydrogen-bond acceptors (Lipinski definition) is 4. The van der Waals surface area contributed by atoms with Crippen molar-refractivity contribution in [3.8, 4) is 17.7 Å². The van der Waals surface area contributed by atoms with Crippen LogP contribution in [0.2, 0.25) is 0 Å². The second kappa shape index (κ2) is 4.18. The van der Waals surface area contributed by atoms with Crippen molar-refractivity contribution in [3.63, 3.8) is 0 Å². The van der Waals surface area contributed by atoms with Crippen LogP contribution in [0.5, 0.6) is 0 Å². The van der Waals surface area contributed by atoms with E-state index in [4.69, 9.17) is 9.78 Å². The molecule has 0 saturated carbocycles. The summed E-state index contributed by atoms with van der Waals surface area (Å²) in [4.78, 5) is 3.65. The summed E-state index contributed by atoms with van der Waals surface area (Å²) >= 11 is 0. The smallest absolute Gasteiger partial charge is 0.345 e. The maximum Gasteiger partial charge on any atom is 0.396 e. The van der Waals surface area contributed by atoms with Gasteiger partial charge in [0.25, 0.3) is 5.89 Å². The van der Waals surface area contributed by atoms with E-state index in [1.807, 2.05) is 6.07 Å². The second-order valence-corrected chi connectivity index (χ2v) is 3.64. The SMILES string of the molecule is Cn1cc(C#N)cc1-c1nc(CC(F)(F)F)no1. The van der Waals surface area contributed by atoms with Crippen molar-refractivity contribution in [3.05, 3.63) is 23.7 Å². The lowest BCUT2D eigenvalue weighted by molar-refractivity contribution is -0.128. The Bertz CT molecular complexity index is 605. The van der Waals surface area contributed by atoms with Crippen LogP contribution in [-0.2, 0) is 13.5 Å². The van der Waals surface area contributed by atoms with E-state index in [-0.39, 0.29) is 5.89 Å². The van der Waals surface area contributed by atoms with Crippen LogP contribution in [0, 0.1) is 11.3 Å². The maximum absolute atomic E-state index is 12.1. The number of nitriles is 1. The van der Waals surface area contributed by atoms with E-state index in [9.17, 15) is 13.2 Å². The fourth-order valence-electron chi connectivity index (χ4n) is 1.45. The van der Waals surface area contributed by atoms with Gasteiger partial charge in [-0.1, -0.05) is 5.16 Å². The van der Waals surface area contributed by atoms with Gasteiger partial charge in [-0.25, -0.2) is 0 Å². The van der Waals surface area contributed by atoms with Gasteiger partial charge in [0.2, 0.25) is 0 Å². The highest BCUT2D eigenvalue weighted by Crippen LogP contribution is 2.23. The van der Waals surface area contributed by atoms with E-state index < -0.39 is 18.4 Å². The number of rotatable bonds is 2. The number of halogens is 3. The summed E-state index contributed by atoms with van der Waals surface area (Å²) < 4.78 is 42.6. The summed E-state index contributed by atoms with van der Waals surface area (Å²) in [6, 6.07) is 3.38. The van der Waals surface area contributed by atoms with E-state index in [1.165, 1.54) is 16.8 Å². The fraction of sp³-hybridized carbons (Fsp3) is 0.300. The van der Waals surface area contributed by atoms with Gasteiger partial charge in [-0.3, -0.25) is 0 Å². The minimum atomic E-state index is -4.38. The van der Waals surface area contributed by atoms with Crippen LogP contribution in [0.4, 0.5) is 13.2 Å². The molecular weight excluding hydrogens is 249 g/mol. The first-order valence-electron chi connectivity index (χ1n) is 4.85. The average Bonchev–Trinajstić information content (AvgIpc) is 2.82. The summed E-state index contributed by atoms with van der Waals surface area (Å²) in [5.41, 5.74) is 0.760. The molecule has 5 nitrogen and oxygen atoms in total. The Labute approximate surface area is 99.4 Å². The van der Waals surface area contributed by atoms with Crippen molar-refractivity contribution >= 4 is 0 Å². The fourth-order valence-corrected chi connectivity index (χ4v) is 1.45. The van der Waals surface area contributed by atoms with Crippen LogP contribution < -0.4 is 0 Å². The van der Waals surface area contributed by atoms with Gasteiger partial charge >= 0.3 is 6.18 Å². The van der Waals surface area contributed by atoms with Crippen LogP contribution in [0.1, 0.15) is 11.4 Å². The van der Waals surface area contributed by atoms with E-state index in [0.29, 0.717) is 11.3 Å². The highest BCUT2D eigenvalue weighted by molar-refractivity contribution is 5.52. The van der Waals surface area contributed by atoms with E-state index in [2.05, 4.69) is 10.1 Å². The third-order valence-corrected chi connectivity index (χ3v) is 2.18. The molecule has 0 bridgehead atoms. The van der Waals surface area contributed by atoms with Crippen LogP contribution in [0.15, 0.2) is 16.8 Å². The Kier molecular flexibility index (Phi) is 2.82. The van der Waals surface area contributed by atoms with Crippen molar-refractivity contribution in [1.82, 2.24) is 14.7 Å². The molecule has 2 aromatic heterocycles. The van der Waals surface area contributed by atoms with Crippen molar-refractivity contribution < 1.29 is 17.7 Å². The molecule has 0 radical (unpaired) electrons. The minimum Gasteiger partial charge on any atom is -0.345 e. The zero-order chi connectivity index (χ0) is 13.3. The predicted octanol–water partition coefficient (Wildman–Crippen LogP) is 2.05. The van der Waals surface area contributed by atoms with Crippen molar-refractivity contribution in [2.45, 2.75) is 12.6 Å². The van der Waals surface area contributed by atoms with Crippen molar-refractivity contribution in [2.75, 3.05) is 0 Å². The Morgan fingerprint density at radius 2 is 2.22 bits per heavy atom. The highest BCUT2D eigenvalue weighted by Gasteiger charge is 2.30. The first-order chi connectivity index (χ1) is 8.39. The molecule has 18 heavy (non-hydrogen) atoms. The summed E-state index contributed by atoms with van der Waals surface area (Å²) in [7, 11) is 1.63. The van der Waals surface area contributed by atoms with Gasteiger partial charge in [-0.2, -0.15) is 23.4 Å². The average molecular weight is 256 g/mol. The van der Waals surface area contributed by atoms with Gasteiger partial charge in [0, 0.05) is 13.2 Å². The molecule has 0 aromatic carbocycles. The molecule has 8 heteroatoms. The van der Waals surface area contributed by atoms with Gasteiger partial charge in [-0.15, -0.1) is 0 Å². The molecule has 2 aromatic rings. The largest absolute Gasteiger partial charge is 0.396 e. The lowest BCUT2D eigenvalue weighted by Gasteiger charge is -1.99. The zero-order valence-corrected chi connectivity index (χ0v) is 9.19. The molecule has 0 aliphatic carbocycles. The molecule has 0 atom stereocenters. The molecule has 94 valence electrons. The molecule has 0 amide bonds. The van der Waals surface area contributed by atoms with Crippen LogP contribution >= 0.6 is 0 Å². The van der Waals surface area contributed by atoms with E-state index >= 15 is 0 Å². The summed E-state index contributed by atoms with van der Waals surface area (Å²) in [5, 5.41) is 12.0. The molecule has 0 N–H and O–H groups in total. The van der Waals surface area contributed by atoms with Gasteiger partial charge in [0.15, 0.2) is 5.82 Å². The van der Waals surface area contributed by atoms with E-state index in [1.54, 1.807) is 7.05 Å². The van der Waals surface area contributed by atoms with Crippen molar-refractivity contribution in [1.29, 1.82) is 5.26 Å². The first-order valence-corrected chi connectivity index (χ1v) is 4.85. The van der Waals surface area contributed by atoms with Gasteiger partial charge < -0.3 is 9.09 Å². The monoisotopic (exact) mass is 256 g/mol. The van der Waals surface area contributed by atoms with Crippen LogP contribution in [0.3, 0.4) is 0 Å². The second-order valence-electron chi connectivity index (χ2n) is 3.64. The molecule has 0 spiro atoms. The maximum atomic E-state index is 12.1. The topological polar surface area (TPSA) is 67.6 Å². The lowest BCUT2D eigenvalue weighted by atomic mass is 10.3. The number of aromatic nitrogens is 3. The Hall–Kier alpha value is -2.30. The van der Waals surface area contributed by atoms with Gasteiger partial charge in [0.05, 0.1) is 5.56 Å². The molecule has 0 aliphatic heterocycles. The molecular formula is C10H7F3N4O. The van der Waals surface area contributed by atoms with Crippen molar-refractivity contribution in [2.24, 2.45) is 7.05 Å². The molecule has 2 heterocycles. The highest BCUT2D eigenvalue weighted by atomic mass is 19.4. The van der Waals surface area contributed by atoms with Crippen LogP contribution in [0.25, 0.3) is 11.6 Å². The number of aryl methyl sites for hydroxylation is 1.